The lowest BCUT2D eigenvalue weighted by atomic mass is 9.78. The molecule has 3 aliphatic rings. The number of hydrogen-bond acceptors (Lipinski definition) is 6. The summed E-state index contributed by atoms with van der Waals surface area (Å²) in [4.78, 5) is 13.2. The van der Waals surface area contributed by atoms with E-state index >= 15 is 0 Å². The Labute approximate surface area is 341 Å². The fourth-order valence-electron chi connectivity index (χ4n) is 9.28. The number of benzene rings is 4. The van der Waals surface area contributed by atoms with Crippen LogP contribution in [0.5, 0.6) is 0 Å². The molecule has 4 aromatic rings. The average molecular weight is 824 g/mol. The number of carboxylic acid groups (broad SMARTS) is 1. The molecule has 2 heterocycles. The molecule has 0 unspecified atom stereocenters. The quantitative estimate of drug-likeness (QED) is 0.0720. The smallest absolute Gasteiger partial charge is 0.303 e. The number of anilines is 1. The summed E-state index contributed by atoms with van der Waals surface area (Å²) in [6, 6.07) is 17.4. The van der Waals surface area contributed by atoms with Crippen LogP contribution in [-0.2, 0) is 35.9 Å². The number of likely N-dealkylation sites (N-methyl/N-ethyl adjacent to an activating group) is 1. The van der Waals surface area contributed by atoms with E-state index in [1.807, 2.05) is 24.3 Å². The first-order valence-electron chi connectivity index (χ1n) is 19.9. The van der Waals surface area contributed by atoms with Gasteiger partial charge in [-0.3, -0.25) is 13.9 Å². The fraction of sp³-hybridized carbons (Fsp3) is 0.348. The van der Waals surface area contributed by atoms with Crippen LogP contribution < -0.4 is 4.90 Å². The fourth-order valence-corrected chi connectivity index (χ4v) is 10.3. The molecule has 0 spiro atoms. The molecule has 0 aromatic heterocycles. The molecule has 12 heteroatoms. The van der Waals surface area contributed by atoms with Crippen LogP contribution in [-0.4, -0.2) is 60.4 Å². The molecule has 304 valence electrons. The molecule has 0 bridgehead atoms. The summed E-state index contributed by atoms with van der Waals surface area (Å²) in [5.41, 5.74) is 8.18. The van der Waals surface area contributed by atoms with Gasteiger partial charge in [0.25, 0.3) is 20.2 Å². The van der Waals surface area contributed by atoms with E-state index < -0.39 is 31.6 Å². The molecule has 4 aromatic carbocycles. The van der Waals surface area contributed by atoms with Gasteiger partial charge in [0, 0.05) is 53.9 Å². The minimum Gasteiger partial charge on any atom is -0.481 e. The molecule has 0 amide bonds. The first-order valence-corrected chi connectivity index (χ1v) is 22.7. The summed E-state index contributed by atoms with van der Waals surface area (Å²) >= 11 is 0. The van der Waals surface area contributed by atoms with Crippen molar-refractivity contribution >= 4 is 64.8 Å². The van der Waals surface area contributed by atoms with Crippen LogP contribution in [0.4, 0.5) is 11.4 Å². The van der Waals surface area contributed by atoms with Crippen LogP contribution in [0.15, 0.2) is 118 Å². The van der Waals surface area contributed by atoms with Gasteiger partial charge < -0.3 is 10.0 Å². The van der Waals surface area contributed by atoms with E-state index in [-0.39, 0.29) is 21.6 Å². The van der Waals surface area contributed by atoms with Crippen LogP contribution in [0.2, 0.25) is 0 Å². The number of nitrogens with zero attached hydrogens (tertiary/aromatic N) is 2. The van der Waals surface area contributed by atoms with Crippen molar-refractivity contribution < 1.29 is 40.4 Å². The summed E-state index contributed by atoms with van der Waals surface area (Å²) < 4.78 is 69.4. The predicted molar refractivity (Wildman–Crippen MR) is 230 cm³/mol. The molecule has 3 N–H and O–H groups in total. The Hall–Kier alpha value is -4.88. The first kappa shape index (κ1) is 41.3. The van der Waals surface area contributed by atoms with Crippen molar-refractivity contribution in [2.45, 2.75) is 100 Å². The number of unbranched alkanes of at least 4 members (excludes halogenated alkanes) is 2. The third-order valence-corrected chi connectivity index (χ3v) is 13.7. The lowest BCUT2D eigenvalue weighted by Crippen LogP contribution is -2.28. The number of allylic oxidation sites excluding steroid dienone is 8. The van der Waals surface area contributed by atoms with E-state index in [2.05, 4.69) is 74.5 Å². The van der Waals surface area contributed by atoms with Gasteiger partial charge in [0.2, 0.25) is 5.69 Å². The number of carbonyl (C=O) groups is 1. The number of hydrogen-bond donors (Lipinski definition) is 3. The summed E-state index contributed by atoms with van der Waals surface area (Å²) in [6.07, 6.45) is 16.3. The van der Waals surface area contributed by atoms with Gasteiger partial charge >= 0.3 is 5.97 Å². The Morgan fingerprint density at radius 1 is 0.776 bits per heavy atom. The maximum absolute atomic E-state index is 12.0. The van der Waals surface area contributed by atoms with Crippen LogP contribution in [0, 0.1) is 0 Å². The van der Waals surface area contributed by atoms with Gasteiger partial charge in [-0.1, -0.05) is 50.3 Å². The van der Waals surface area contributed by atoms with E-state index in [1.165, 1.54) is 35.4 Å². The van der Waals surface area contributed by atoms with Crippen molar-refractivity contribution in [1.82, 2.24) is 0 Å². The zero-order valence-electron chi connectivity index (χ0n) is 33.6. The Bertz CT molecular complexity index is 2750. The highest BCUT2D eigenvalue weighted by atomic mass is 32.2. The maximum Gasteiger partial charge on any atom is 0.303 e. The molecule has 0 radical (unpaired) electrons. The van der Waals surface area contributed by atoms with E-state index in [9.17, 15) is 30.7 Å². The highest BCUT2D eigenvalue weighted by Gasteiger charge is 2.45. The zero-order chi connectivity index (χ0) is 41.8. The molecular formula is C46H51N2O8S2+. The van der Waals surface area contributed by atoms with Crippen LogP contribution in [0.25, 0.3) is 21.5 Å². The van der Waals surface area contributed by atoms with Crippen molar-refractivity contribution in [3.63, 3.8) is 0 Å². The number of aliphatic carboxylic acids is 1. The topological polar surface area (TPSA) is 152 Å². The molecule has 0 saturated carbocycles. The van der Waals surface area contributed by atoms with Gasteiger partial charge in [0.1, 0.15) is 6.54 Å². The zero-order valence-corrected chi connectivity index (χ0v) is 35.3. The molecule has 58 heavy (non-hydrogen) atoms. The Morgan fingerprint density at radius 2 is 1.41 bits per heavy atom. The second kappa shape index (κ2) is 15.4. The van der Waals surface area contributed by atoms with Gasteiger partial charge in [0.15, 0.2) is 5.71 Å². The second-order valence-corrected chi connectivity index (χ2v) is 19.4. The second-order valence-electron chi connectivity index (χ2n) is 16.6. The van der Waals surface area contributed by atoms with Crippen molar-refractivity contribution in [2.75, 3.05) is 18.0 Å². The van der Waals surface area contributed by atoms with Gasteiger partial charge in [-0.05, 0) is 134 Å². The summed E-state index contributed by atoms with van der Waals surface area (Å²) in [7, 11) is -8.69. The van der Waals surface area contributed by atoms with Crippen LogP contribution >= 0.6 is 0 Å². The van der Waals surface area contributed by atoms with E-state index in [0.29, 0.717) is 13.0 Å². The summed E-state index contributed by atoms with van der Waals surface area (Å²) in [6.45, 7) is 12.3. The maximum atomic E-state index is 12.0. The Morgan fingerprint density at radius 3 is 2.03 bits per heavy atom. The lowest BCUT2D eigenvalue weighted by molar-refractivity contribution is -0.438. The van der Waals surface area contributed by atoms with Crippen molar-refractivity contribution in [1.29, 1.82) is 0 Å². The van der Waals surface area contributed by atoms with Gasteiger partial charge in [0.05, 0.1) is 15.2 Å². The summed E-state index contributed by atoms with van der Waals surface area (Å²) in [5, 5.41) is 12.5. The molecule has 0 fully saturated rings. The molecule has 0 saturated heterocycles. The van der Waals surface area contributed by atoms with Crippen molar-refractivity contribution in [2.24, 2.45) is 0 Å². The molecule has 0 atom stereocenters. The highest BCUT2D eigenvalue weighted by molar-refractivity contribution is 7.86. The van der Waals surface area contributed by atoms with Gasteiger partial charge in [-0.2, -0.15) is 21.4 Å². The lowest BCUT2D eigenvalue weighted by Gasteiger charge is -2.26. The monoisotopic (exact) mass is 823 g/mol. The number of rotatable bonds is 12. The molecule has 1 aliphatic carbocycles. The third kappa shape index (κ3) is 7.70. The average Bonchev–Trinajstić information content (AvgIpc) is 3.52. The Balaban J connectivity index is 1.22. The van der Waals surface area contributed by atoms with Gasteiger partial charge in [-0.25, -0.2) is 0 Å². The SMILES string of the molecule is CCN1/C(=C\C=C2C=C(/C=C/C3=[N+](CCCCCC(=O)O)c4ccc5cc(S(=O)(=O)O)ccc5c4C3(C)C)CCC\2)C(C)(C)c2c1ccc1cc(S(=O)(=O)O)ccc21. The van der Waals surface area contributed by atoms with Crippen molar-refractivity contribution in [3.05, 3.63) is 119 Å². The van der Waals surface area contributed by atoms with E-state index in [4.69, 9.17) is 5.11 Å². The highest BCUT2D eigenvalue weighted by Crippen LogP contribution is 2.51. The molecule has 7 rings (SSSR count). The van der Waals surface area contributed by atoms with E-state index in [1.54, 1.807) is 12.1 Å². The minimum absolute atomic E-state index is 0.122. The van der Waals surface area contributed by atoms with Crippen LogP contribution in [0.3, 0.4) is 0 Å². The standard InChI is InChI=1S/C46H50N2O8S2/c1-6-47-38-22-16-32-28-34(57(51,52)53)18-20-36(32)43(38)45(2,3)40(47)24-14-30-11-10-12-31(27-30)15-25-41-46(4,5)44-37-21-19-35(58(54,55)56)29-33(37)17-23-39(44)48(41)26-9-7-8-13-42(49)50/h14-25,27-29H,6-13,26H2,1-5H3,(H2-,49,50,51,52,53,54,55,56)/p+1. The predicted octanol–water partition coefficient (Wildman–Crippen LogP) is 9.80. The Kier molecular flexibility index (Phi) is 10.9. The first-order chi connectivity index (χ1) is 27.3. The van der Waals surface area contributed by atoms with Gasteiger partial charge in [-0.15, -0.1) is 0 Å². The molecule has 10 nitrogen and oxygen atoms in total. The molecular weight excluding hydrogens is 773 g/mol. The molecule has 2 aliphatic heterocycles. The third-order valence-electron chi connectivity index (χ3n) is 12.0. The van der Waals surface area contributed by atoms with E-state index in [0.717, 1.165) is 94.1 Å². The summed E-state index contributed by atoms with van der Waals surface area (Å²) in [5.74, 6) is -0.795. The number of fused-ring (bicyclic) bond motifs is 6. The largest absolute Gasteiger partial charge is 0.481 e. The van der Waals surface area contributed by atoms with Crippen molar-refractivity contribution in [3.8, 4) is 0 Å². The normalized spacial score (nSPS) is 19.2. The van der Waals surface area contributed by atoms with Crippen LogP contribution in [0.1, 0.15) is 90.7 Å². The number of carboxylic acids is 1. The minimum atomic E-state index is -4.36.